The molecular weight excluding hydrogens is 386 g/mol. The average molecular weight is 412 g/mol. The van der Waals surface area contributed by atoms with Gasteiger partial charge in [0.2, 0.25) is 0 Å². The zero-order valence-electron chi connectivity index (χ0n) is 16.6. The molecule has 1 saturated heterocycles. The van der Waals surface area contributed by atoms with Crippen molar-refractivity contribution in [3.8, 4) is 11.5 Å². The molecular formula is C23H25NO4S. The molecule has 2 heterocycles. The molecule has 29 heavy (non-hydrogen) atoms. The van der Waals surface area contributed by atoms with Crippen LogP contribution in [0.1, 0.15) is 29.3 Å². The number of hydrogen-bond donors (Lipinski definition) is 1. The van der Waals surface area contributed by atoms with Crippen LogP contribution in [0, 0.1) is 5.92 Å². The first-order valence-corrected chi connectivity index (χ1v) is 10.6. The molecule has 0 saturated carbocycles. The van der Waals surface area contributed by atoms with E-state index < -0.39 is 5.97 Å². The van der Waals surface area contributed by atoms with Gasteiger partial charge in [0, 0.05) is 16.1 Å². The number of likely N-dealkylation sites (tertiary alicyclic amines) is 1. The second kappa shape index (κ2) is 8.43. The molecule has 0 spiro atoms. The molecule has 1 aromatic heterocycles. The first-order chi connectivity index (χ1) is 14.1. The molecule has 1 aliphatic rings. The van der Waals surface area contributed by atoms with Gasteiger partial charge in [0.25, 0.3) is 0 Å². The Morgan fingerprint density at radius 3 is 2.66 bits per heavy atom. The molecule has 152 valence electrons. The minimum Gasteiger partial charge on any atom is -0.493 e. The van der Waals surface area contributed by atoms with Crippen LogP contribution < -0.4 is 9.47 Å². The largest absolute Gasteiger partial charge is 0.493 e. The van der Waals surface area contributed by atoms with Crippen LogP contribution in [0.15, 0.2) is 48.5 Å². The van der Waals surface area contributed by atoms with E-state index in [9.17, 15) is 9.90 Å². The molecule has 6 heteroatoms. The summed E-state index contributed by atoms with van der Waals surface area (Å²) in [7, 11) is 3.26. The van der Waals surface area contributed by atoms with Gasteiger partial charge in [-0.15, -0.1) is 11.3 Å². The first kappa shape index (κ1) is 19.7. The van der Waals surface area contributed by atoms with Gasteiger partial charge in [-0.1, -0.05) is 24.3 Å². The van der Waals surface area contributed by atoms with Gasteiger partial charge in [-0.2, -0.15) is 0 Å². The number of carbonyl (C=O) groups is 1. The van der Waals surface area contributed by atoms with Gasteiger partial charge in [0.15, 0.2) is 11.5 Å². The number of aliphatic carboxylic acids is 1. The Morgan fingerprint density at radius 2 is 1.93 bits per heavy atom. The lowest BCUT2D eigenvalue weighted by atomic mass is 9.94. The minimum atomic E-state index is -0.711. The predicted molar refractivity (Wildman–Crippen MR) is 115 cm³/mol. The van der Waals surface area contributed by atoms with E-state index >= 15 is 0 Å². The van der Waals surface area contributed by atoms with Gasteiger partial charge in [-0.05, 0) is 54.6 Å². The highest BCUT2D eigenvalue weighted by Gasteiger charge is 2.32. The van der Waals surface area contributed by atoms with Crippen LogP contribution in [0.25, 0.3) is 10.1 Å². The van der Waals surface area contributed by atoms with E-state index in [1.165, 1.54) is 15.0 Å². The maximum absolute atomic E-state index is 11.7. The van der Waals surface area contributed by atoms with E-state index in [-0.39, 0.29) is 12.0 Å². The van der Waals surface area contributed by atoms with Crippen molar-refractivity contribution in [2.45, 2.75) is 18.9 Å². The zero-order valence-corrected chi connectivity index (χ0v) is 17.4. The maximum atomic E-state index is 11.7. The number of benzene rings is 2. The van der Waals surface area contributed by atoms with Gasteiger partial charge in [-0.3, -0.25) is 9.69 Å². The molecule has 5 nitrogen and oxygen atoms in total. The number of rotatable bonds is 6. The van der Waals surface area contributed by atoms with Crippen molar-refractivity contribution in [1.29, 1.82) is 0 Å². The highest BCUT2D eigenvalue weighted by molar-refractivity contribution is 7.19. The predicted octanol–water partition coefficient (Wildman–Crippen LogP) is 4.80. The Hall–Kier alpha value is -2.57. The van der Waals surface area contributed by atoms with E-state index in [1.807, 2.05) is 18.2 Å². The molecule has 0 radical (unpaired) electrons. The van der Waals surface area contributed by atoms with Crippen molar-refractivity contribution in [2.75, 3.05) is 27.3 Å². The van der Waals surface area contributed by atoms with Crippen LogP contribution in [0.3, 0.4) is 0 Å². The molecule has 2 unspecified atom stereocenters. The minimum absolute atomic E-state index is 0.0191. The van der Waals surface area contributed by atoms with Gasteiger partial charge >= 0.3 is 5.97 Å². The van der Waals surface area contributed by atoms with Crippen molar-refractivity contribution in [2.24, 2.45) is 5.92 Å². The van der Waals surface area contributed by atoms with Gasteiger partial charge in [0.05, 0.1) is 26.2 Å². The van der Waals surface area contributed by atoms with Crippen molar-refractivity contribution in [1.82, 2.24) is 4.90 Å². The van der Waals surface area contributed by atoms with Crippen molar-refractivity contribution in [3.63, 3.8) is 0 Å². The normalized spacial score (nSPS) is 18.5. The Morgan fingerprint density at radius 1 is 1.14 bits per heavy atom. The first-order valence-electron chi connectivity index (χ1n) is 9.78. The number of piperidine rings is 1. The summed E-state index contributed by atoms with van der Waals surface area (Å²) in [5, 5.41) is 10.8. The summed E-state index contributed by atoms with van der Waals surface area (Å²) in [6, 6.07) is 16.6. The monoisotopic (exact) mass is 411 g/mol. The third-order valence-corrected chi connectivity index (χ3v) is 6.77. The average Bonchev–Trinajstić information content (AvgIpc) is 3.17. The lowest BCUT2D eigenvalue weighted by molar-refractivity contribution is -0.143. The summed E-state index contributed by atoms with van der Waals surface area (Å²) in [4.78, 5) is 15.2. The second-order valence-electron chi connectivity index (χ2n) is 7.38. The fourth-order valence-corrected chi connectivity index (χ4v) is 5.39. The molecule has 0 amide bonds. The molecule has 2 aromatic carbocycles. The maximum Gasteiger partial charge on any atom is 0.307 e. The van der Waals surface area contributed by atoms with Gasteiger partial charge in [0.1, 0.15) is 0 Å². The number of carboxylic acids is 1. The third-order valence-electron chi connectivity index (χ3n) is 5.60. The fourth-order valence-electron chi connectivity index (χ4n) is 4.16. The second-order valence-corrected chi connectivity index (χ2v) is 8.49. The number of thiophene rings is 1. The van der Waals surface area contributed by atoms with Crippen LogP contribution in [0.5, 0.6) is 11.5 Å². The molecule has 1 aliphatic heterocycles. The van der Waals surface area contributed by atoms with Gasteiger partial charge in [-0.25, -0.2) is 0 Å². The Balaban J connectivity index is 1.79. The Bertz CT molecular complexity index is 982. The summed E-state index contributed by atoms with van der Waals surface area (Å²) in [6.45, 7) is 1.42. The SMILES string of the molecule is COc1ccc(C(c2cc3ccccc3s2)N2CCCC(C(=O)O)C2)cc1OC. The van der Waals surface area contributed by atoms with Crippen LogP contribution in [0.2, 0.25) is 0 Å². The van der Waals surface area contributed by atoms with E-state index in [4.69, 9.17) is 9.47 Å². The topological polar surface area (TPSA) is 59.0 Å². The lowest BCUT2D eigenvalue weighted by Crippen LogP contribution is -2.41. The van der Waals surface area contributed by atoms with Crippen molar-refractivity contribution in [3.05, 3.63) is 59.0 Å². The lowest BCUT2D eigenvalue weighted by Gasteiger charge is -2.37. The van der Waals surface area contributed by atoms with E-state index in [1.54, 1.807) is 25.6 Å². The number of fused-ring (bicyclic) bond motifs is 1. The van der Waals surface area contributed by atoms with Crippen molar-refractivity contribution < 1.29 is 19.4 Å². The summed E-state index contributed by atoms with van der Waals surface area (Å²) in [6.07, 6.45) is 1.61. The van der Waals surface area contributed by atoms with Crippen LogP contribution in [-0.2, 0) is 4.79 Å². The fraction of sp³-hybridized carbons (Fsp3) is 0.348. The number of methoxy groups -OCH3 is 2. The molecule has 3 aromatic rings. The van der Waals surface area contributed by atoms with Crippen LogP contribution >= 0.6 is 11.3 Å². The van der Waals surface area contributed by atoms with E-state index in [2.05, 4.69) is 35.2 Å². The highest BCUT2D eigenvalue weighted by atomic mass is 32.1. The summed E-state index contributed by atoms with van der Waals surface area (Å²) in [5.74, 6) is 0.328. The summed E-state index contributed by atoms with van der Waals surface area (Å²) < 4.78 is 12.2. The van der Waals surface area contributed by atoms with Crippen molar-refractivity contribution >= 4 is 27.4 Å². The smallest absolute Gasteiger partial charge is 0.307 e. The quantitative estimate of drug-likeness (QED) is 0.631. The number of nitrogens with zero attached hydrogens (tertiary/aromatic N) is 1. The molecule has 4 rings (SSSR count). The molecule has 0 bridgehead atoms. The summed E-state index contributed by atoms with van der Waals surface area (Å²) in [5.41, 5.74) is 1.08. The third kappa shape index (κ3) is 3.95. The Kier molecular flexibility index (Phi) is 5.74. The van der Waals surface area contributed by atoms with E-state index in [0.29, 0.717) is 18.0 Å². The summed E-state index contributed by atoms with van der Waals surface area (Å²) >= 11 is 1.77. The standard InChI is InChI=1S/C23H25NO4S/c1-27-18-10-9-16(12-19(18)28-2)22(24-11-5-7-17(14-24)23(25)26)21-13-15-6-3-4-8-20(15)29-21/h3-4,6,8-10,12-13,17,22H,5,7,11,14H2,1-2H3,(H,25,26). The molecule has 1 fully saturated rings. The molecule has 0 aliphatic carbocycles. The number of ether oxygens (including phenoxy) is 2. The molecule has 1 N–H and O–H groups in total. The highest BCUT2D eigenvalue weighted by Crippen LogP contribution is 2.41. The van der Waals surface area contributed by atoms with E-state index in [0.717, 1.165) is 24.9 Å². The van der Waals surface area contributed by atoms with Gasteiger partial charge < -0.3 is 14.6 Å². The Labute approximate surface area is 174 Å². The zero-order chi connectivity index (χ0) is 20.4. The van der Waals surface area contributed by atoms with Crippen LogP contribution in [-0.4, -0.2) is 43.3 Å². The number of hydrogen-bond acceptors (Lipinski definition) is 5. The van der Waals surface area contributed by atoms with Crippen LogP contribution in [0.4, 0.5) is 0 Å². The number of carboxylic acid groups (broad SMARTS) is 1. The molecule has 2 atom stereocenters.